The van der Waals surface area contributed by atoms with E-state index in [0.29, 0.717) is 6.04 Å². The molecule has 1 aliphatic carbocycles. The molecule has 2 aromatic rings. The van der Waals surface area contributed by atoms with Crippen LogP contribution in [0.1, 0.15) is 36.1 Å². The van der Waals surface area contributed by atoms with Gasteiger partial charge >= 0.3 is 0 Å². The average Bonchev–Trinajstić information content (AvgIpc) is 2.87. The van der Waals surface area contributed by atoms with Crippen molar-refractivity contribution in [3.05, 3.63) is 53.3 Å². The number of nitrogens with zero attached hydrogens (tertiary/aromatic N) is 2. The van der Waals surface area contributed by atoms with E-state index in [4.69, 9.17) is 0 Å². The number of hydrogen-bond donors (Lipinski definition) is 1. The second-order valence-corrected chi connectivity index (χ2v) is 6.07. The summed E-state index contributed by atoms with van der Waals surface area (Å²) in [6, 6.07) is 11.7. The zero-order valence-corrected chi connectivity index (χ0v) is 12.9. The first kappa shape index (κ1) is 14.3. The van der Waals surface area contributed by atoms with Gasteiger partial charge in [-0.15, -0.1) is 0 Å². The van der Waals surface area contributed by atoms with Crippen LogP contribution in [-0.4, -0.2) is 22.4 Å². The van der Waals surface area contributed by atoms with Crippen molar-refractivity contribution in [3.8, 4) is 0 Å². The van der Waals surface area contributed by atoms with Gasteiger partial charge in [0.1, 0.15) is 0 Å². The Morgan fingerprint density at radius 2 is 2.05 bits per heavy atom. The lowest BCUT2D eigenvalue weighted by Crippen LogP contribution is -2.34. The van der Waals surface area contributed by atoms with Gasteiger partial charge in [0.05, 0.1) is 0 Å². The van der Waals surface area contributed by atoms with Crippen molar-refractivity contribution in [1.29, 1.82) is 0 Å². The number of fused-ring (bicyclic) bond motifs is 1. The highest BCUT2D eigenvalue weighted by atomic mass is 15.3. The van der Waals surface area contributed by atoms with E-state index in [1.54, 1.807) is 5.56 Å². The molecule has 1 atom stereocenters. The van der Waals surface area contributed by atoms with Crippen LogP contribution in [0.15, 0.2) is 36.5 Å². The number of nitrogens with one attached hydrogen (secondary N) is 1. The maximum atomic E-state index is 4.23. The molecule has 0 saturated heterocycles. The van der Waals surface area contributed by atoms with Crippen molar-refractivity contribution < 1.29 is 0 Å². The summed E-state index contributed by atoms with van der Waals surface area (Å²) in [5, 5.41) is 7.98. The van der Waals surface area contributed by atoms with Crippen molar-refractivity contribution in [2.75, 3.05) is 6.54 Å². The van der Waals surface area contributed by atoms with E-state index >= 15 is 0 Å². The molecule has 1 heterocycles. The van der Waals surface area contributed by atoms with E-state index in [9.17, 15) is 0 Å². The number of aryl methyl sites for hydroxylation is 2. The van der Waals surface area contributed by atoms with E-state index in [-0.39, 0.29) is 0 Å². The molecule has 1 aliphatic rings. The molecular formula is C18H25N3. The Hall–Kier alpha value is -1.61. The van der Waals surface area contributed by atoms with Gasteiger partial charge < -0.3 is 5.32 Å². The first-order chi connectivity index (χ1) is 10.3. The largest absolute Gasteiger partial charge is 0.313 e. The van der Waals surface area contributed by atoms with Gasteiger partial charge in [0.25, 0.3) is 0 Å². The summed E-state index contributed by atoms with van der Waals surface area (Å²) >= 11 is 0. The molecule has 1 aromatic heterocycles. The Morgan fingerprint density at radius 3 is 2.86 bits per heavy atom. The lowest BCUT2D eigenvalue weighted by Gasteiger charge is -2.23. The maximum Gasteiger partial charge on any atom is 0.0492 e. The molecule has 0 spiro atoms. The van der Waals surface area contributed by atoms with Crippen LogP contribution in [0.5, 0.6) is 0 Å². The summed E-state index contributed by atoms with van der Waals surface area (Å²) in [7, 11) is 2.02. The summed E-state index contributed by atoms with van der Waals surface area (Å²) in [5.41, 5.74) is 4.39. The number of rotatable bonds is 4. The van der Waals surface area contributed by atoms with Crippen LogP contribution in [0, 0.1) is 0 Å². The normalized spacial score (nSPS) is 18.8. The Morgan fingerprint density at radius 1 is 1.19 bits per heavy atom. The molecule has 112 valence electrons. The average molecular weight is 283 g/mol. The van der Waals surface area contributed by atoms with Crippen LogP contribution in [-0.2, 0) is 26.3 Å². The fraction of sp³-hybridized carbons (Fsp3) is 0.500. The van der Waals surface area contributed by atoms with Crippen molar-refractivity contribution >= 4 is 0 Å². The Bertz CT molecular complexity index is 573. The fourth-order valence-electron chi connectivity index (χ4n) is 3.30. The lowest BCUT2D eigenvalue weighted by atomic mass is 9.90. The van der Waals surface area contributed by atoms with E-state index in [1.807, 2.05) is 17.9 Å². The van der Waals surface area contributed by atoms with E-state index < -0.39 is 0 Å². The van der Waals surface area contributed by atoms with Gasteiger partial charge in [-0.05, 0) is 42.9 Å². The minimum atomic E-state index is 0.611. The highest BCUT2D eigenvalue weighted by Crippen LogP contribution is 2.20. The Labute approximate surface area is 127 Å². The quantitative estimate of drug-likeness (QED) is 0.935. The molecule has 0 fully saturated rings. The minimum Gasteiger partial charge on any atom is -0.313 e. The molecule has 0 saturated carbocycles. The smallest absolute Gasteiger partial charge is 0.0492 e. The van der Waals surface area contributed by atoms with Gasteiger partial charge in [-0.3, -0.25) is 4.68 Å². The molecule has 3 rings (SSSR count). The molecule has 0 aliphatic heterocycles. The van der Waals surface area contributed by atoms with Gasteiger partial charge in [0, 0.05) is 37.9 Å². The van der Waals surface area contributed by atoms with Crippen LogP contribution in [0.2, 0.25) is 0 Å². The molecular weight excluding hydrogens is 258 g/mol. The van der Waals surface area contributed by atoms with E-state index in [2.05, 4.69) is 40.7 Å². The molecule has 1 unspecified atom stereocenters. The predicted octanol–water partition coefficient (Wildman–Crippen LogP) is 2.89. The van der Waals surface area contributed by atoms with Crippen LogP contribution >= 0.6 is 0 Å². The van der Waals surface area contributed by atoms with Crippen molar-refractivity contribution in [2.45, 2.75) is 44.6 Å². The molecule has 1 aromatic carbocycles. The van der Waals surface area contributed by atoms with Crippen LogP contribution in [0.25, 0.3) is 0 Å². The minimum absolute atomic E-state index is 0.611. The first-order valence-electron chi connectivity index (χ1n) is 8.10. The van der Waals surface area contributed by atoms with E-state index in [0.717, 1.165) is 13.0 Å². The van der Waals surface area contributed by atoms with E-state index in [1.165, 1.54) is 43.4 Å². The van der Waals surface area contributed by atoms with Crippen LogP contribution in [0.3, 0.4) is 0 Å². The number of hydrogen-bond acceptors (Lipinski definition) is 2. The molecule has 3 heteroatoms. The molecule has 0 amide bonds. The molecule has 0 radical (unpaired) electrons. The van der Waals surface area contributed by atoms with Crippen molar-refractivity contribution in [3.63, 3.8) is 0 Å². The SMILES string of the molecule is Cn1nccc1CCNC1CCCCc2ccccc2C1. The topological polar surface area (TPSA) is 29.9 Å². The van der Waals surface area contributed by atoms with Crippen molar-refractivity contribution in [2.24, 2.45) is 7.05 Å². The third-order valence-corrected chi connectivity index (χ3v) is 4.57. The van der Waals surface area contributed by atoms with Gasteiger partial charge in [-0.2, -0.15) is 5.10 Å². The summed E-state index contributed by atoms with van der Waals surface area (Å²) < 4.78 is 1.97. The van der Waals surface area contributed by atoms with Crippen LogP contribution in [0.4, 0.5) is 0 Å². The molecule has 3 nitrogen and oxygen atoms in total. The lowest BCUT2D eigenvalue weighted by molar-refractivity contribution is 0.447. The second kappa shape index (κ2) is 6.90. The number of aromatic nitrogens is 2. The summed E-state index contributed by atoms with van der Waals surface area (Å²) in [4.78, 5) is 0. The Balaban J connectivity index is 1.57. The Kier molecular flexibility index (Phi) is 4.71. The van der Waals surface area contributed by atoms with Gasteiger partial charge in [0.2, 0.25) is 0 Å². The summed E-state index contributed by atoms with van der Waals surface area (Å²) in [5.74, 6) is 0. The second-order valence-electron chi connectivity index (χ2n) is 6.07. The highest BCUT2D eigenvalue weighted by Gasteiger charge is 2.14. The fourth-order valence-corrected chi connectivity index (χ4v) is 3.30. The molecule has 1 N–H and O–H groups in total. The first-order valence-corrected chi connectivity index (χ1v) is 8.10. The maximum absolute atomic E-state index is 4.23. The molecule has 21 heavy (non-hydrogen) atoms. The number of benzene rings is 1. The van der Waals surface area contributed by atoms with Gasteiger partial charge in [-0.1, -0.05) is 30.7 Å². The third-order valence-electron chi connectivity index (χ3n) is 4.57. The van der Waals surface area contributed by atoms with Crippen LogP contribution < -0.4 is 5.32 Å². The van der Waals surface area contributed by atoms with Gasteiger partial charge in [-0.25, -0.2) is 0 Å². The zero-order valence-electron chi connectivity index (χ0n) is 12.9. The summed E-state index contributed by atoms with van der Waals surface area (Å²) in [6.45, 7) is 1.03. The zero-order chi connectivity index (χ0) is 14.5. The highest BCUT2D eigenvalue weighted by molar-refractivity contribution is 5.28. The van der Waals surface area contributed by atoms with Crippen molar-refractivity contribution in [1.82, 2.24) is 15.1 Å². The van der Waals surface area contributed by atoms with Gasteiger partial charge in [0.15, 0.2) is 0 Å². The summed E-state index contributed by atoms with van der Waals surface area (Å²) in [6.07, 6.45) is 9.28. The molecule has 0 bridgehead atoms. The standard InChI is InChI=1S/C18H25N3/c1-21-18(11-13-20-21)10-12-19-17-9-5-4-7-15-6-2-3-8-16(15)14-17/h2-3,6,8,11,13,17,19H,4-5,7,9-10,12,14H2,1H3. The third kappa shape index (κ3) is 3.73. The predicted molar refractivity (Wildman–Crippen MR) is 86.4 cm³/mol. The monoisotopic (exact) mass is 283 g/mol.